The van der Waals surface area contributed by atoms with Crippen LogP contribution in [-0.4, -0.2) is 18.3 Å². The van der Waals surface area contributed by atoms with Crippen molar-refractivity contribution >= 4 is 0 Å². The van der Waals surface area contributed by atoms with Crippen LogP contribution in [0.25, 0.3) is 0 Å². The summed E-state index contributed by atoms with van der Waals surface area (Å²) in [6.07, 6.45) is 6.10. The predicted octanol–water partition coefficient (Wildman–Crippen LogP) is 2.80. The molecule has 0 bridgehead atoms. The summed E-state index contributed by atoms with van der Waals surface area (Å²) < 4.78 is 5.09. The van der Waals surface area contributed by atoms with Gasteiger partial charge >= 0.3 is 0 Å². The Balaban J connectivity index is 2.84. The molecule has 0 aromatic rings. The Morgan fingerprint density at radius 3 is 2.93 bits per heavy atom. The molecule has 15 heavy (non-hydrogen) atoms. The van der Waals surface area contributed by atoms with Crippen LogP contribution in [0.2, 0.25) is 0 Å². The smallest absolute Gasteiger partial charge is 0.125 e. The number of allylic oxidation sites excluding steroid dienone is 3. The molecule has 0 unspecified atom stereocenters. The third kappa shape index (κ3) is 3.26. The summed E-state index contributed by atoms with van der Waals surface area (Å²) in [5.41, 5.74) is 5.87. The summed E-state index contributed by atoms with van der Waals surface area (Å²) in [6, 6.07) is 0. The molecule has 0 aromatic heterocycles. The SMILES string of the molecule is CC1=CCCC(C)(C)C1=C=COCCO. The van der Waals surface area contributed by atoms with Crippen molar-refractivity contribution in [2.24, 2.45) is 5.41 Å². The van der Waals surface area contributed by atoms with Crippen molar-refractivity contribution in [1.29, 1.82) is 0 Å². The molecular weight excluding hydrogens is 188 g/mol. The van der Waals surface area contributed by atoms with Crippen LogP contribution in [0.3, 0.4) is 0 Å². The minimum absolute atomic E-state index is 0.0473. The van der Waals surface area contributed by atoms with Crippen LogP contribution in [0, 0.1) is 5.41 Å². The second-order valence-electron chi connectivity index (χ2n) is 4.54. The van der Waals surface area contributed by atoms with Gasteiger partial charge in [0.15, 0.2) is 0 Å². The van der Waals surface area contributed by atoms with E-state index in [1.165, 1.54) is 11.1 Å². The Bertz CT molecular complexity index is 304. The molecule has 0 saturated carbocycles. The molecule has 0 amide bonds. The number of hydrogen-bond acceptors (Lipinski definition) is 2. The molecule has 1 aliphatic carbocycles. The zero-order chi connectivity index (χ0) is 11.3. The van der Waals surface area contributed by atoms with Gasteiger partial charge in [0.25, 0.3) is 0 Å². The van der Waals surface area contributed by atoms with Gasteiger partial charge in [-0.1, -0.05) is 25.7 Å². The fourth-order valence-electron chi connectivity index (χ4n) is 1.93. The van der Waals surface area contributed by atoms with Crippen molar-refractivity contribution in [1.82, 2.24) is 0 Å². The molecule has 0 spiro atoms. The highest BCUT2D eigenvalue weighted by Crippen LogP contribution is 2.39. The van der Waals surface area contributed by atoms with Gasteiger partial charge in [-0.15, -0.1) is 0 Å². The highest BCUT2D eigenvalue weighted by molar-refractivity contribution is 5.35. The molecule has 0 heterocycles. The minimum Gasteiger partial charge on any atom is -0.491 e. The number of hydrogen-bond donors (Lipinski definition) is 1. The summed E-state index contributed by atoms with van der Waals surface area (Å²) in [7, 11) is 0. The lowest BCUT2D eigenvalue weighted by Gasteiger charge is -2.30. The van der Waals surface area contributed by atoms with E-state index in [4.69, 9.17) is 9.84 Å². The zero-order valence-electron chi connectivity index (χ0n) is 9.84. The van der Waals surface area contributed by atoms with E-state index in [-0.39, 0.29) is 12.0 Å². The molecule has 1 N–H and O–H groups in total. The zero-order valence-corrected chi connectivity index (χ0v) is 9.84. The Morgan fingerprint density at radius 1 is 1.60 bits per heavy atom. The van der Waals surface area contributed by atoms with E-state index in [1.54, 1.807) is 6.26 Å². The first kappa shape index (κ1) is 12.1. The molecule has 0 atom stereocenters. The van der Waals surface area contributed by atoms with Crippen molar-refractivity contribution in [2.45, 2.75) is 33.6 Å². The van der Waals surface area contributed by atoms with E-state index >= 15 is 0 Å². The summed E-state index contributed by atoms with van der Waals surface area (Å²) in [6.45, 7) is 6.95. The molecule has 0 saturated heterocycles. The lowest BCUT2D eigenvalue weighted by atomic mass is 9.74. The molecule has 1 rings (SSSR count). The van der Waals surface area contributed by atoms with Gasteiger partial charge in [-0.3, -0.25) is 0 Å². The van der Waals surface area contributed by atoms with Gasteiger partial charge in [-0.2, -0.15) is 0 Å². The van der Waals surface area contributed by atoms with Crippen molar-refractivity contribution in [3.63, 3.8) is 0 Å². The van der Waals surface area contributed by atoms with E-state index < -0.39 is 0 Å². The molecule has 0 radical (unpaired) electrons. The van der Waals surface area contributed by atoms with Gasteiger partial charge < -0.3 is 9.84 Å². The average Bonchev–Trinajstić information content (AvgIpc) is 2.15. The van der Waals surface area contributed by atoms with Crippen LogP contribution in [-0.2, 0) is 4.74 Å². The van der Waals surface area contributed by atoms with E-state index in [0.717, 1.165) is 12.8 Å². The molecule has 0 aliphatic heterocycles. The first-order valence-corrected chi connectivity index (χ1v) is 5.43. The van der Waals surface area contributed by atoms with Crippen LogP contribution in [0.15, 0.2) is 29.2 Å². The molecule has 84 valence electrons. The normalized spacial score (nSPS) is 19.2. The Morgan fingerprint density at radius 2 is 2.33 bits per heavy atom. The molecule has 0 fully saturated rings. The van der Waals surface area contributed by atoms with E-state index in [9.17, 15) is 0 Å². The number of ether oxygens (including phenoxy) is 1. The van der Waals surface area contributed by atoms with Crippen molar-refractivity contribution < 1.29 is 9.84 Å². The lowest BCUT2D eigenvalue weighted by Crippen LogP contribution is -2.18. The van der Waals surface area contributed by atoms with E-state index in [2.05, 4.69) is 32.6 Å². The maximum atomic E-state index is 8.57. The quantitative estimate of drug-likeness (QED) is 0.439. The van der Waals surface area contributed by atoms with Crippen molar-refractivity contribution in [3.05, 3.63) is 29.2 Å². The number of aliphatic hydroxyl groups excluding tert-OH is 1. The standard InChI is InChI=1S/C13H20O2/c1-11-5-4-7-13(2,3)12(11)6-9-15-10-8-14/h5,9,14H,4,7-8,10H2,1-3H3. The fraction of sp³-hybridized carbons (Fsp3) is 0.615. The fourth-order valence-corrected chi connectivity index (χ4v) is 1.93. The van der Waals surface area contributed by atoms with Crippen LogP contribution in [0.1, 0.15) is 33.6 Å². The maximum absolute atomic E-state index is 8.57. The summed E-state index contributed by atoms with van der Waals surface area (Å²) in [5, 5.41) is 8.57. The van der Waals surface area contributed by atoms with Crippen molar-refractivity contribution in [2.75, 3.05) is 13.2 Å². The average molecular weight is 208 g/mol. The predicted molar refractivity (Wildman–Crippen MR) is 61.4 cm³/mol. The van der Waals surface area contributed by atoms with Crippen LogP contribution >= 0.6 is 0 Å². The monoisotopic (exact) mass is 208 g/mol. The Hall–Kier alpha value is -0.980. The third-order valence-electron chi connectivity index (χ3n) is 2.79. The molecule has 2 heteroatoms. The molecule has 0 aromatic carbocycles. The first-order valence-electron chi connectivity index (χ1n) is 5.43. The van der Waals surface area contributed by atoms with Gasteiger partial charge in [0.05, 0.1) is 6.61 Å². The second kappa shape index (κ2) is 5.20. The highest BCUT2D eigenvalue weighted by atomic mass is 16.5. The summed E-state index contributed by atoms with van der Waals surface area (Å²) >= 11 is 0. The number of rotatable bonds is 3. The number of aliphatic hydroxyl groups is 1. The second-order valence-corrected chi connectivity index (χ2v) is 4.54. The highest BCUT2D eigenvalue weighted by Gasteiger charge is 2.26. The van der Waals surface area contributed by atoms with E-state index in [0.29, 0.717) is 6.61 Å². The molecular formula is C13H20O2. The first-order chi connectivity index (χ1) is 7.08. The Kier molecular flexibility index (Phi) is 4.19. The van der Waals surface area contributed by atoms with Gasteiger partial charge in [-0.05, 0) is 30.8 Å². The third-order valence-corrected chi connectivity index (χ3v) is 2.79. The summed E-state index contributed by atoms with van der Waals surface area (Å²) in [5.74, 6) is 0. The molecule has 2 nitrogen and oxygen atoms in total. The molecule has 1 aliphatic rings. The van der Waals surface area contributed by atoms with Crippen LogP contribution in [0.5, 0.6) is 0 Å². The largest absolute Gasteiger partial charge is 0.491 e. The Labute approximate surface area is 92.0 Å². The van der Waals surface area contributed by atoms with Crippen LogP contribution < -0.4 is 0 Å². The van der Waals surface area contributed by atoms with E-state index in [1.807, 2.05) is 0 Å². The van der Waals surface area contributed by atoms with Gasteiger partial charge in [0.2, 0.25) is 0 Å². The topological polar surface area (TPSA) is 29.5 Å². The summed E-state index contributed by atoms with van der Waals surface area (Å²) in [4.78, 5) is 0. The van der Waals surface area contributed by atoms with Gasteiger partial charge in [0, 0.05) is 5.57 Å². The van der Waals surface area contributed by atoms with Gasteiger partial charge in [-0.25, -0.2) is 0 Å². The lowest BCUT2D eigenvalue weighted by molar-refractivity contribution is 0.166. The maximum Gasteiger partial charge on any atom is 0.125 e. The van der Waals surface area contributed by atoms with Crippen molar-refractivity contribution in [3.8, 4) is 0 Å². The minimum atomic E-state index is 0.0473. The van der Waals surface area contributed by atoms with Crippen LogP contribution in [0.4, 0.5) is 0 Å². The van der Waals surface area contributed by atoms with Gasteiger partial charge in [0.1, 0.15) is 12.9 Å².